The monoisotopic (exact) mass is 289 g/mol. The minimum absolute atomic E-state index is 0.547. The van der Waals surface area contributed by atoms with Crippen LogP contribution in [0.3, 0.4) is 0 Å². The summed E-state index contributed by atoms with van der Waals surface area (Å²) in [5, 5.41) is 4.61. The van der Waals surface area contributed by atoms with Crippen molar-refractivity contribution in [1.29, 1.82) is 0 Å². The van der Waals surface area contributed by atoms with Gasteiger partial charge in [-0.3, -0.25) is 0 Å². The van der Waals surface area contributed by atoms with Crippen LogP contribution < -0.4 is 5.32 Å². The molecule has 2 rings (SSSR count). The first kappa shape index (κ1) is 13.3. The first-order chi connectivity index (χ1) is 8.16. The Kier molecular flexibility index (Phi) is 4.82. The lowest BCUT2D eigenvalue weighted by molar-refractivity contribution is 0.963. The summed E-state index contributed by atoms with van der Waals surface area (Å²) in [4.78, 5) is 8.53. The Bertz CT molecular complexity index is 395. The third kappa shape index (κ3) is 3.66. The van der Waals surface area contributed by atoms with Gasteiger partial charge in [-0.15, -0.1) is 0 Å². The quantitative estimate of drug-likeness (QED) is 0.866. The van der Waals surface area contributed by atoms with Crippen LogP contribution >= 0.6 is 35.1 Å². The summed E-state index contributed by atoms with van der Waals surface area (Å²) in [6, 6.07) is 0. The first-order valence-electron chi connectivity index (χ1n) is 5.61. The van der Waals surface area contributed by atoms with Gasteiger partial charge in [0.2, 0.25) is 0 Å². The topological polar surface area (TPSA) is 37.8 Å². The molecule has 1 aromatic heterocycles. The number of halogens is 1. The highest BCUT2D eigenvalue weighted by atomic mass is 35.5. The van der Waals surface area contributed by atoms with E-state index in [1.165, 1.54) is 17.3 Å². The zero-order valence-corrected chi connectivity index (χ0v) is 12.4. The Morgan fingerprint density at radius 3 is 2.88 bits per heavy atom. The van der Waals surface area contributed by atoms with Gasteiger partial charge in [0.1, 0.15) is 16.8 Å². The molecule has 6 heteroatoms. The third-order valence-corrected chi connectivity index (χ3v) is 5.79. The summed E-state index contributed by atoms with van der Waals surface area (Å²) < 4.78 is 0. The van der Waals surface area contributed by atoms with Crippen molar-refractivity contribution < 1.29 is 0 Å². The van der Waals surface area contributed by atoms with Gasteiger partial charge in [-0.05, 0) is 13.8 Å². The maximum absolute atomic E-state index is 6.04. The molecule has 2 heterocycles. The first-order valence-corrected chi connectivity index (χ1v) is 8.19. The van der Waals surface area contributed by atoms with Crippen LogP contribution in [0.2, 0.25) is 5.15 Å². The van der Waals surface area contributed by atoms with Gasteiger partial charge >= 0.3 is 0 Å². The second-order valence-electron chi connectivity index (χ2n) is 3.98. The van der Waals surface area contributed by atoms with Gasteiger partial charge in [-0.1, -0.05) is 11.6 Å². The number of thioether (sulfide) groups is 2. The van der Waals surface area contributed by atoms with Gasteiger partial charge in [0.15, 0.2) is 0 Å². The van der Waals surface area contributed by atoms with Gasteiger partial charge in [0, 0.05) is 34.6 Å². The van der Waals surface area contributed by atoms with Crippen molar-refractivity contribution in [2.24, 2.45) is 0 Å². The zero-order chi connectivity index (χ0) is 12.3. The standard InChI is InChI=1S/C11H16ClN3S2/c1-7-10(12)14-8(2)15-11(7)13-5-9-6-16-3-4-17-9/h9H,3-6H2,1-2H3,(H,13,14,15). The fourth-order valence-corrected chi connectivity index (χ4v) is 4.45. The van der Waals surface area contributed by atoms with Crippen LogP contribution in [-0.4, -0.2) is 39.0 Å². The van der Waals surface area contributed by atoms with Gasteiger partial charge in [-0.2, -0.15) is 23.5 Å². The van der Waals surface area contributed by atoms with Gasteiger partial charge in [-0.25, -0.2) is 9.97 Å². The van der Waals surface area contributed by atoms with Crippen LogP contribution in [0.4, 0.5) is 5.82 Å². The number of rotatable bonds is 3. The summed E-state index contributed by atoms with van der Waals surface area (Å²) in [6.45, 7) is 4.76. The molecular weight excluding hydrogens is 274 g/mol. The smallest absolute Gasteiger partial charge is 0.137 e. The van der Waals surface area contributed by atoms with Crippen LogP contribution in [0.15, 0.2) is 0 Å². The number of nitrogens with zero attached hydrogens (tertiary/aromatic N) is 2. The van der Waals surface area contributed by atoms with Crippen molar-refractivity contribution in [3.8, 4) is 0 Å². The highest BCUT2D eigenvalue weighted by Gasteiger charge is 2.15. The molecule has 17 heavy (non-hydrogen) atoms. The number of anilines is 1. The number of aryl methyl sites for hydroxylation is 1. The highest BCUT2D eigenvalue weighted by molar-refractivity contribution is 8.06. The van der Waals surface area contributed by atoms with E-state index in [2.05, 4.69) is 15.3 Å². The van der Waals surface area contributed by atoms with Gasteiger partial charge < -0.3 is 5.32 Å². The molecule has 3 nitrogen and oxygen atoms in total. The molecule has 0 spiro atoms. The van der Waals surface area contributed by atoms with Crippen molar-refractivity contribution in [3.05, 3.63) is 16.5 Å². The second-order valence-corrected chi connectivity index (χ2v) is 6.90. The predicted octanol–water partition coefficient (Wildman–Crippen LogP) is 3.01. The second kappa shape index (κ2) is 6.16. The molecule has 1 atom stereocenters. The predicted molar refractivity (Wildman–Crippen MR) is 78.6 cm³/mol. The van der Waals surface area contributed by atoms with E-state index < -0.39 is 0 Å². The van der Waals surface area contributed by atoms with Crippen LogP contribution in [0.25, 0.3) is 0 Å². The SMILES string of the molecule is Cc1nc(Cl)c(C)c(NCC2CSCCS2)n1. The molecule has 94 valence electrons. The molecule has 1 aromatic rings. The van der Waals surface area contributed by atoms with E-state index in [-0.39, 0.29) is 0 Å². The normalized spacial score (nSPS) is 20.3. The van der Waals surface area contributed by atoms with Crippen molar-refractivity contribution in [3.63, 3.8) is 0 Å². The molecule has 0 bridgehead atoms. The average Bonchev–Trinajstić information content (AvgIpc) is 2.33. The van der Waals surface area contributed by atoms with Crippen molar-refractivity contribution >= 4 is 40.9 Å². The Morgan fingerprint density at radius 2 is 2.18 bits per heavy atom. The molecular formula is C11H16ClN3S2. The molecule has 1 fully saturated rings. The van der Waals surface area contributed by atoms with Gasteiger partial charge in [0.05, 0.1) is 0 Å². The number of nitrogens with one attached hydrogen (secondary N) is 1. The van der Waals surface area contributed by atoms with E-state index in [4.69, 9.17) is 11.6 Å². The number of hydrogen-bond acceptors (Lipinski definition) is 5. The summed E-state index contributed by atoms with van der Waals surface area (Å²) in [5.74, 6) is 5.33. The van der Waals surface area contributed by atoms with Crippen LogP contribution in [-0.2, 0) is 0 Å². The summed E-state index contributed by atoms with van der Waals surface area (Å²) in [7, 11) is 0. The van der Waals surface area contributed by atoms with E-state index in [1.54, 1.807) is 0 Å². The van der Waals surface area contributed by atoms with Crippen LogP contribution in [0.5, 0.6) is 0 Å². The van der Waals surface area contributed by atoms with Crippen molar-refractivity contribution in [1.82, 2.24) is 9.97 Å². The zero-order valence-electron chi connectivity index (χ0n) is 9.99. The lowest BCUT2D eigenvalue weighted by atomic mass is 10.3. The van der Waals surface area contributed by atoms with E-state index in [9.17, 15) is 0 Å². The van der Waals surface area contributed by atoms with E-state index in [0.29, 0.717) is 16.2 Å². The lowest BCUT2D eigenvalue weighted by Crippen LogP contribution is -2.24. The number of aromatic nitrogens is 2. The molecule has 0 aliphatic carbocycles. The largest absolute Gasteiger partial charge is 0.369 e. The molecule has 1 saturated heterocycles. The Labute approximate surface area is 116 Å². The fourth-order valence-electron chi connectivity index (χ4n) is 1.63. The molecule has 0 saturated carbocycles. The Balaban J connectivity index is 1.98. The summed E-state index contributed by atoms with van der Waals surface area (Å²) in [6.07, 6.45) is 0. The molecule has 1 aliphatic rings. The minimum atomic E-state index is 0.547. The fraction of sp³-hybridized carbons (Fsp3) is 0.636. The molecule has 0 radical (unpaired) electrons. The highest BCUT2D eigenvalue weighted by Crippen LogP contribution is 2.25. The van der Waals surface area contributed by atoms with Crippen molar-refractivity contribution in [2.45, 2.75) is 19.1 Å². The van der Waals surface area contributed by atoms with E-state index >= 15 is 0 Å². The minimum Gasteiger partial charge on any atom is -0.369 e. The van der Waals surface area contributed by atoms with E-state index in [1.807, 2.05) is 37.4 Å². The third-order valence-electron chi connectivity index (χ3n) is 2.58. The number of hydrogen-bond donors (Lipinski definition) is 1. The van der Waals surface area contributed by atoms with Gasteiger partial charge in [0.25, 0.3) is 0 Å². The molecule has 0 amide bonds. The molecule has 1 unspecified atom stereocenters. The molecule has 1 aliphatic heterocycles. The summed E-state index contributed by atoms with van der Waals surface area (Å²) in [5.41, 5.74) is 0.936. The lowest BCUT2D eigenvalue weighted by Gasteiger charge is -2.22. The molecule has 1 N–H and O–H groups in total. The maximum Gasteiger partial charge on any atom is 0.137 e. The van der Waals surface area contributed by atoms with Crippen LogP contribution in [0.1, 0.15) is 11.4 Å². The van der Waals surface area contributed by atoms with E-state index in [0.717, 1.165) is 17.9 Å². The maximum atomic E-state index is 6.04. The van der Waals surface area contributed by atoms with Crippen LogP contribution in [0, 0.1) is 13.8 Å². The van der Waals surface area contributed by atoms with Crippen molar-refractivity contribution in [2.75, 3.05) is 29.1 Å². The molecule has 0 aromatic carbocycles. The Morgan fingerprint density at radius 1 is 1.35 bits per heavy atom. The Hall–Kier alpha value is -0.130. The summed E-state index contributed by atoms with van der Waals surface area (Å²) >= 11 is 10.1. The average molecular weight is 290 g/mol.